The van der Waals surface area contributed by atoms with Crippen molar-refractivity contribution in [2.45, 2.75) is 11.3 Å². The number of rotatable bonds is 3. The van der Waals surface area contributed by atoms with E-state index in [-0.39, 0.29) is 5.91 Å². The Balaban J connectivity index is 1.97. The zero-order valence-electron chi connectivity index (χ0n) is 12.8. The molecule has 2 N–H and O–H groups in total. The van der Waals surface area contributed by atoms with Gasteiger partial charge in [-0.05, 0) is 23.3 Å². The van der Waals surface area contributed by atoms with Crippen LogP contribution in [-0.4, -0.2) is 22.9 Å². The van der Waals surface area contributed by atoms with Crippen LogP contribution in [-0.2, 0) is 15.6 Å². The van der Waals surface area contributed by atoms with Gasteiger partial charge >= 0.3 is 0 Å². The molecule has 4 nitrogen and oxygen atoms in total. The zero-order chi connectivity index (χ0) is 16.2. The third kappa shape index (κ3) is 3.51. The predicted molar refractivity (Wildman–Crippen MR) is 95.9 cm³/mol. The lowest BCUT2D eigenvalue weighted by molar-refractivity contribution is -0.115. The van der Waals surface area contributed by atoms with Gasteiger partial charge in [-0.2, -0.15) is 0 Å². The molecule has 0 saturated heterocycles. The Morgan fingerprint density at radius 1 is 1.04 bits per heavy atom. The van der Waals surface area contributed by atoms with E-state index in [9.17, 15) is 9.00 Å². The first-order valence-electron chi connectivity index (χ1n) is 7.42. The lowest BCUT2D eigenvalue weighted by Crippen LogP contribution is -2.10. The van der Waals surface area contributed by atoms with Crippen LogP contribution in [0.4, 0.5) is 11.4 Å². The van der Waals surface area contributed by atoms with Gasteiger partial charge in [-0.15, -0.1) is 0 Å². The van der Waals surface area contributed by atoms with E-state index < -0.39 is 10.8 Å². The fraction of sp³-hybridized carbons (Fsp3) is 0.167. The minimum absolute atomic E-state index is 0.0177. The zero-order valence-corrected chi connectivity index (χ0v) is 13.7. The molecule has 3 rings (SSSR count). The minimum atomic E-state index is -1.03. The molecule has 1 aliphatic heterocycles. The van der Waals surface area contributed by atoms with Crippen molar-refractivity contribution >= 4 is 40.2 Å². The van der Waals surface area contributed by atoms with Crippen LogP contribution in [0.25, 0.3) is 12.2 Å². The Bertz CT molecular complexity index is 799. The summed E-state index contributed by atoms with van der Waals surface area (Å²) >= 11 is 0. The Kier molecular flexibility index (Phi) is 4.57. The number of fused-ring (bicyclic) bond motifs is 1. The average molecular weight is 326 g/mol. The van der Waals surface area contributed by atoms with Crippen molar-refractivity contribution in [1.29, 1.82) is 0 Å². The van der Waals surface area contributed by atoms with Crippen molar-refractivity contribution in [3.8, 4) is 0 Å². The molecule has 2 aromatic carbocycles. The third-order valence-corrected chi connectivity index (χ3v) is 4.69. The molecule has 23 heavy (non-hydrogen) atoms. The molecule has 0 fully saturated rings. The molecule has 1 atom stereocenters. The summed E-state index contributed by atoms with van der Waals surface area (Å²) in [7, 11) is -1.03. The van der Waals surface area contributed by atoms with Crippen molar-refractivity contribution in [1.82, 2.24) is 0 Å². The lowest BCUT2D eigenvalue weighted by Gasteiger charge is -2.11. The minimum Gasteiger partial charge on any atom is -0.382 e. The quantitative estimate of drug-likeness (QED) is 0.851. The summed E-state index contributed by atoms with van der Waals surface area (Å²) in [6.07, 6.45) is 6.07. The lowest BCUT2D eigenvalue weighted by atomic mass is 10.1. The molecule has 1 aliphatic rings. The smallest absolute Gasteiger partial charge is 0.226 e. The van der Waals surface area contributed by atoms with E-state index >= 15 is 0 Å². The van der Waals surface area contributed by atoms with Gasteiger partial charge in [0.1, 0.15) is 0 Å². The largest absolute Gasteiger partial charge is 0.382 e. The van der Waals surface area contributed by atoms with Gasteiger partial charge in [0.05, 0.1) is 22.2 Å². The highest BCUT2D eigenvalue weighted by Gasteiger charge is 2.13. The van der Waals surface area contributed by atoms with Crippen LogP contribution >= 0.6 is 0 Å². The van der Waals surface area contributed by atoms with Gasteiger partial charge in [0.25, 0.3) is 0 Å². The Hall–Kier alpha value is -2.40. The highest BCUT2D eigenvalue weighted by Crippen LogP contribution is 2.30. The predicted octanol–water partition coefficient (Wildman–Crippen LogP) is 3.35. The number of amides is 1. The monoisotopic (exact) mass is 326 g/mol. The van der Waals surface area contributed by atoms with Crippen molar-refractivity contribution in [3.05, 3.63) is 53.6 Å². The van der Waals surface area contributed by atoms with Gasteiger partial charge in [-0.25, -0.2) is 0 Å². The van der Waals surface area contributed by atoms with Crippen LogP contribution in [0, 0.1) is 0 Å². The first-order valence-corrected chi connectivity index (χ1v) is 8.98. The van der Waals surface area contributed by atoms with E-state index in [1.165, 1.54) is 0 Å². The van der Waals surface area contributed by atoms with Crippen molar-refractivity contribution < 1.29 is 9.00 Å². The van der Waals surface area contributed by atoms with Crippen LogP contribution in [0.5, 0.6) is 0 Å². The van der Waals surface area contributed by atoms with E-state index in [4.69, 9.17) is 0 Å². The maximum atomic E-state index is 11.8. The molecule has 118 valence electrons. The van der Waals surface area contributed by atoms with Crippen molar-refractivity contribution in [2.24, 2.45) is 0 Å². The number of hydrogen-bond donors (Lipinski definition) is 2. The first kappa shape index (κ1) is 15.5. The second kappa shape index (κ2) is 6.79. The molecular formula is C18H18N2O2S. The normalized spacial score (nSPS) is 15.4. The number of benzene rings is 2. The van der Waals surface area contributed by atoms with E-state index in [1.807, 2.05) is 54.6 Å². The van der Waals surface area contributed by atoms with E-state index in [0.29, 0.717) is 13.0 Å². The summed E-state index contributed by atoms with van der Waals surface area (Å²) in [6, 6.07) is 13.4. The third-order valence-electron chi connectivity index (χ3n) is 3.70. The van der Waals surface area contributed by atoms with Gasteiger partial charge < -0.3 is 10.6 Å². The molecule has 2 aromatic rings. The van der Waals surface area contributed by atoms with Crippen LogP contribution in [0.15, 0.2) is 47.4 Å². The summed E-state index contributed by atoms with van der Waals surface area (Å²) in [6.45, 7) is 0.610. The Labute approximate surface area is 138 Å². The molecule has 1 unspecified atom stereocenters. The van der Waals surface area contributed by atoms with Crippen LogP contribution in [0.1, 0.15) is 17.5 Å². The second-order valence-electron chi connectivity index (χ2n) is 5.32. The SMILES string of the molecule is CS(=O)c1ccccc1/C=C/c1cccc2c1NCCC(=O)N2. The number of nitrogens with one attached hydrogen (secondary N) is 2. The summed E-state index contributed by atoms with van der Waals surface area (Å²) in [4.78, 5) is 12.5. The first-order chi connectivity index (χ1) is 11.1. The molecule has 0 aliphatic carbocycles. The van der Waals surface area contributed by atoms with Gasteiger partial charge in [-0.3, -0.25) is 9.00 Å². The Morgan fingerprint density at radius 3 is 2.61 bits per heavy atom. The molecular weight excluding hydrogens is 308 g/mol. The standard InChI is InChI=1S/C18H18N2O2S/c1-23(22)16-8-3-2-5-13(16)9-10-14-6-4-7-15-18(14)19-12-11-17(21)20-15/h2-10,19H,11-12H2,1H3,(H,20,21)/b10-9+. The molecule has 1 amide bonds. The average Bonchev–Trinajstić information content (AvgIpc) is 2.74. The molecule has 0 bridgehead atoms. The number of hydrogen-bond acceptors (Lipinski definition) is 3. The van der Waals surface area contributed by atoms with Gasteiger partial charge in [-0.1, -0.05) is 42.5 Å². The molecule has 0 saturated carbocycles. The number of carbonyl (C=O) groups is 1. The fourth-order valence-corrected chi connectivity index (χ4v) is 3.32. The molecule has 1 heterocycles. The van der Waals surface area contributed by atoms with Gasteiger partial charge in [0, 0.05) is 24.1 Å². The summed E-state index contributed by atoms with van der Waals surface area (Å²) in [5.74, 6) is 0.0177. The van der Waals surface area contributed by atoms with E-state index in [0.717, 1.165) is 27.4 Å². The van der Waals surface area contributed by atoms with Gasteiger partial charge in [0.2, 0.25) is 5.91 Å². The Morgan fingerprint density at radius 2 is 1.78 bits per heavy atom. The molecule has 0 aromatic heterocycles. The number of anilines is 2. The van der Waals surface area contributed by atoms with Crippen molar-refractivity contribution in [2.75, 3.05) is 23.4 Å². The van der Waals surface area contributed by atoms with E-state index in [2.05, 4.69) is 10.6 Å². The van der Waals surface area contributed by atoms with Crippen LogP contribution in [0.3, 0.4) is 0 Å². The van der Waals surface area contributed by atoms with E-state index in [1.54, 1.807) is 6.26 Å². The highest BCUT2D eigenvalue weighted by atomic mass is 32.2. The number of para-hydroxylation sites is 1. The summed E-state index contributed by atoms with van der Waals surface area (Å²) < 4.78 is 11.8. The van der Waals surface area contributed by atoms with Crippen LogP contribution in [0.2, 0.25) is 0 Å². The molecule has 0 radical (unpaired) electrons. The maximum Gasteiger partial charge on any atom is 0.226 e. The van der Waals surface area contributed by atoms with Gasteiger partial charge in [0.15, 0.2) is 0 Å². The highest BCUT2D eigenvalue weighted by molar-refractivity contribution is 7.84. The summed E-state index contributed by atoms with van der Waals surface area (Å²) in [5, 5.41) is 6.21. The molecule has 0 spiro atoms. The summed E-state index contributed by atoms with van der Waals surface area (Å²) in [5.41, 5.74) is 3.64. The number of carbonyl (C=O) groups excluding carboxylic acids is 1. The molecule has 5 heteroatoms. The second-order valence-corrected chi connectivity index (χ2v) is 6.67. The van der Waals surface area contributed by atoms with Crippen molar-refractivity contribution in [3.63, 3.8) is 0 Å². The fourth-order valence-electron chi connectivity index (χ4n) is 2.58. The maximum absolute atomic E-state index is 11.8. The topological polar surface area (TPSA) is 58.2 Å². The van der Waals surface area contributed by atoms with Crippen LogP contribution < -0.4 is 10.6 Å².